The summed E-state index contributed by atoms with van der Waals surface area (Å²) in [7, 11) is 1.22. The van der Waals surface area contributed by atoms with Crippen LogP contribution in [0, 0.1) is 0 Å². The first-order chi connectivity index (χ1) is 4.31. The van der Waals surface area contributed by atoms with Crippen LogP contribution in [0.4, 0.5) is 0 Å². The maximum Gasteiger partial charge on any atom is 0.243 e. The SMILES string of the molecule is C=CC(=O)NCCC[SiH3]. The molecular weight excluding hydrogens is 130 g/mol. The molecule has 0 rings (SSSR count). The molecular formula is C6H13NOSi. The monoisotopic (exact) mass is 143 g/mol. The fraction of sp³-hybridized carbons (Fsp3) is 0.500. The van der Waals surface area contributed by atoms with E-state index in [2.05, 4.69) is 11.9 Å². The molecule has 0 saturated carbocycles. The third-order valence-corrected chi connectivity index (χ3v) is 1.72. The minimum atomic E-state index is -0.0647. The van der Waals surface area contributed by atoms with Gasteiger partial charge >= 0.3 is 0 Å². The molecule has 52 valence electrons. The molecule has 0 fully saturated rings. The Labute approximate surface area is 58.8 Å². The highest BCUT2D eigenvalue weighted by Gasteiger charge is 1.88. The van der Waals surface area contributed by atoms with Crippen LogP contribution in [0.25, 0.3) is 0 Å². The van der Waals surface area contributed by atoms with Crippen molar-refractivity contribution in [1.82, 2.24) is 5.32 Å². The number of hydrogen-bond donors (Lipinski definition) is 1. The number of hydrogen-bond acceptors (Lipinski definition) is 1. The highest BCUT2D eigenvalue weighted by atomic mass is 28.1. The first-order valence-electron chi connectivity index (χ1n) is 3.21. The van der Waals surface area contributed by atoms with E-state index in [9.17, 15) is 4.79 Å². The molecule has 1 amide bonds. The van der Waals surface area contributed by atoms with Gasteiger partial charge in [-0.25, -0.2) is 0 Å². The molecule has 0 aromatic heterocycles. The first kappa shape index (κ1) is 8.43. The second-order valence-electron chi connectivity index (χ2n) is 1.85. The molecule has 0 atom stereocenters. The minimum absolute atomic E-state index is 0.0647. The van der Waals surface area contributed by atoms with Crippen LogP contribution < -0.4 is 5.32 Å². The average molecular weight is 143 g/mol. The van der Waals surface area contributed by atoms with Gasteiger partial charge in [-0.3, -0.25) is 4.79 Å². The smallest absolute Gasteiger partial charge is 0.243 e. The van der Waals surface area contributed by atoms with E-state index in [1.54, 1.807) is 0 Å². The fourth-order valence-corrected chi connectivity index (χ4v) is 0.814. The Bertz CT molecular complexity index is 103. The van der Waals surface area contributed by atoms with Crippen molar-refractivity contribution in [3.05, 3.63) is 12.7 Å². The van der Waals surface area contributed by atoms with E-state index in [-0.39, 0.29) is 5.91 Å². The van der Waals surface area contributed by atoms with Crippen LogP contribution in [-0.4, -0.2) is 22.7 Å². The van der Waals surface area contributed by atoms with E-state index in [1.807, 2.05) is 0 Å². The Balaban J connectivity index is 3.07. The van der Waals surface area contributed by atoms with Crippen LogP contribution >= 0.6 is 0 Å². The summed E-state index contributed by atoms with van der Waals surface area (Å²) < 4.78 is 0. The van der Waals surface area contributed by atoms with E-state index < -0.39 is 0 Å². The first-order valence-corrected chi connectivity index (χ1v) is 4.63. The van der Waals surface area contributed by atoms with Crippen molar-refractivity contribution in [2.45, 2.75) is 12.5 Å². The molecule has 0 aliphatic rings. The van der Waals surface area contributed by atoms with Gasteiger partial charge < -0.3 is 5.32 Å². The number of amides is 1. The Morgan fingerprint density at radius 3 is 2.89 bits per heavy atom. The van der Waals surface area contributed by atoms with Crippen LogP contribution in [0.5, 0.6) is 0 Å². The van der Waals surface area contributed by atoms with E-state index in [1.165, 1.54) is 22.4 Å². The van der Waals surface area contributed by atoms with Gasteiger partial charge in [-0.05, 0) is 12.5 Å². The lowest BCUT2D eigenvalue weighted by atomic mass is 10.4. The molecule has 0 radical (unpaired) electrons. The Kier molecular flexibility index (Phi) is 5.21. The third kappa shape index (κ3) is 5.30. The molecule has 0 aliphatic heterocycles. The predicted molar refractivity (Wildman–Crippen MR) is 42.6 cm³/mol. The summed E-state index contributed by atoms with van der Waals surface area (Å²) in [5.74, 6) is -0.0647. The molecule has 3 heteroatoms. The van der Waals surface area contributed by atoms with Gasteiger partial charge in [0.2, 0.25) is 5.91 Å². The van der Waals surface area contributed by atoms with Crippen molar-refractivity contribution in [2.75, 3.05) is 6.54 Å². The maximum atomic E-state index is 10.5. The molecule has 2 nitrogen and oxygen atoms in total. The molecule has 0 aliphatic carbocycles. The summed E-state index contributed by atoms with van der Waals surface area (Å²) in [5.41, 5.74) is 0. The highest BCUT2D eigenvalue weighted by Crippen LogP contribution is 1.79. The van der Waals surface area contributed by atoms with Gasteiger partial charge in [0.05, 0.1) is 0 Å². The Morgan fingerprint density at radius 1 is 1.78 bits per heavy atom. The zero-order valence-corrected chi connectivity index (χ0v) is 7.81. The molecule has 0 aromatic rings. The highest BCUT2D eigenvalue weighted by molar-refractivity contribution is 6.08. The third-order valence-electron chi connectivity index (χ3n) is 1.01. The van der Waals surface area contributed by atoms with Crippen molar-refractivity contribution >= 4 is 16.1 Å². The second-order valence-corrected chi connectivity index (χ2v) is 2.85. The van der Waals surface area contributed by atoms with Crippen molar-refractivity contribution < 1.29 is 4.79 Å². The average Bonchev–Trinajstić information content (AvgIpc) is 1.89. The summed E-state index contributed by atoms with van der Waals surface area (Å²) in [5, 5.41) is 2.70. The summed E-state index contributed by atoms with van der Waals surface area (Å²) in [6.07, 6.45) is 2.40. The normalized spacial score (nSPS) is 8.89. The van der Waals surface area contributed by atoms with Crippen molar-refractivity contribution in [1.29, 1.82) is 0 Å². The fourth-order valence-electron chi connectivity index (χ4n) is 0.461. The Morgan fingerprint density at radius 2 is 2.44 bits per heavy atom. The largest absolute Gasteiger partial charge is 0.353 e. The van der Waals surface area contributed by atoms with Crippen molar-refractivity contribution in [3.63, 3.8) is 0 Å². The lowest BCUT2D eigenvalue weighted by Gasteiger charge is -1.97. The lowest BCUT2D eigenvalue weighted by Crippen LogP contribution is -2.21. The van der Waals surface area contributed by atoms with Gasteiger partial charge in [-0.1, -0.05) is 12.6 Å². The van der Waals surface area contributed by atoms with Crippen LogP contribution in [0.1, 0.15) is 6.42 Å². The molecule has 0 bridgehead atoms. The van der Waals surface area contributed by atoms with E-state index >= 15 is 0 Å². The summed E-state index contributed by atoms with van der Waals surface area (Å²) in [6.45, 7) is 4.14. The number of carbonyl (C=O) groups is 1. The molecule has 0 unspecified atom stereocenters. The maximum absolute atomic E-state index is 10.5. The summed E-state index contributed by atoms with van der Waals surface area (Å²) >= 11 is 0. The Hall–Kier alpha value is -0.573. The number of rotatable bonds is 4. The second kappa shape index (κ2) is 5.56. The zero-order chi connectivity index (χ0) is 7.11. The van der Waals surface area contributed by atoms with Gasteiger partial charge in [0.15, 0.2) is 0 Å². The summed E-state index contributed by atoms with van der Waals surface area (Å²) in [6, 6.07) is 1.25. The molecule has 9 heavy (non-hydrogen) atoms. The molecule has 0 heterocycles. The van der Waals surface area contributed by atoms with E-state index in [4.69, 9.17) is 0 Å². The predicted octanol–water partition coefficient (Wildman–Crippen LogP) is -0.538. The molecule has 1 N–H and O–H groups in total. The van der Waals surface area contributed by atoms with Crippen molar-refractivity contribution in [2.24, 2.45) is 0 Å². The lowest BCUT2D eigenvalue weighted by molar-refractivity contribution is -0.116. The van der Waals surface area contributed by atoms with Crippen LogP contribution in [-0.2, 0) is 4.79 Å². The van der Waals surface area contributed by atoms with Gasteiger partial charge in [0, 0.05) is 16.8 Å². The number of nitrogens with one attached hydrogen (secondary N) is 1. The standard InChI is InChI=1S/C6H13NOSi/c1-2-6(8)7-4-3-5-9/h2H,1,3-5H2,9H3,(H,7,8). The molecule has 0 saturated heterocycles. The van der Waals surface area contributed by atoms with Crippen LogP contribution in [0.3, 0.4) is 0 Å². The van der Waals surface area contributed by atoms with Gasteiger partial charge in [-0.15, -0.1) is 0 Å². The number of carbonyl (C=O) groups excluding carboxylic acids is 1. The zero-order valence-electron chi connectivity index (χ0n) is 5.81. The van der Waals surface area contributed by atoms with Gasteiger partial charge in [-0.2, -0.15) is 0 Å². The molecule has 0 spiro atoms. The van der Waals surface area contributed by atoms with Gasteiger partial charge in [0.25, 0.3) is 0 Å². The quantitative estimate of drug-likeness (QED) is 0.320. The topological polar surface area (TPSA) is 29.1 Å². The van der Waals surface area contributed by atoms with E-state index in [0.717, 1.165) is 13.0 Å². The van der Waals surface area contributed by atoms with Crippen LogP contribution in [0.15, 0.2) is 12.7 Å². The van der Waals surface area contributed by atoms with Crippen molar-refractivity contribution in [3.8, 4) is 0 Å². The minimum Gasteiger partial charge on any atom is -0.353 e. The van der Waals surface area contributed by atoms with E-state index in [0.29, 0.717) is 0 Å². The molecule has 0 aromatic carbocycles. The van der Waals surface area contributed by atoms with Gasteiger partial charge in [0.1, 0.15) is 0 Å². The summed E-state index contributed by atoms with van der Waals surface area (Å²) in [4.78, 5) is 10.5. The van der Waals surface area contributed by atoms with Crippen LogP contribution in [0.2, 0.25) is 6.04 Å².